The van der Waals surface area contributed by atoms with Crippen molar-refractivity contribution in [1.29, 1.82) is 0 Å². The van der Waals surface area contributed by atoms with Gasteiger partial charge >= 0.3 is 11.8 Å². The van der Waals surface area contributed by atoms with E-state index in [0.29, 0.717) is 29.1 Å². The number of carbonyl (C=O) groups excluding carboxylic acids is 1. The fourth-order valence-corrected chi connectivity index (χ4v) is 4.96. The Hall–Kier alpha value is -3.50. The van der Waals surface area contributed by atoms with Crippen molar-refractivity contribution in [3.8, 4) is 5.75 Å². The van der Waals surface area contributed by atoms with E-state index in [1.165, 1.54) is 32.5 Å². The Balaban J connectivity index is 1.98. The monoisotopic (exact) mass is 468 g/mol. The molecule has 3 aromatic heterocycles. The van der Waals surface area contributed by atoms with Gasteiger partial charge in [-0.25, -0.2) is 9.59 Å². The largest absolute Gasteiger partial charge is 0.439 e. The van der Waals surface area contributed by atoms with E-state index >= 15 is 0 Å². The smallest absolute Gasteiger partial charge is 0.407 e. The fraction of sp³-hybridized carbons (Fsp3) is 0.304. The molecule has 0 aliphatic rings. The number of thiophene rings is 1. The molecule has 4 rings (SSSR count). The van der Waals surface area contributed by atoms with Crippen LogP contribution in [-0.4, -0.2) is 39.4 Å². The van der Waals surface area contributed by atoms with E-state index in [0.717, 1.165) is 26.1 Å². The molecule has 9 nitrogen and oxygen atoms in total. The number of benzene rings is 1. The number of para-hydroxylation sites is 1. The second-order valence-corrected chi connectivity index (χ2v) is 8.63. The standard InChI is InChI=1S/C23H24N4O5S/c1-5-12-27-21-18(20(28)25(2)22(27)29)19(32-23(30)26(3)31-4)17(33-21)13-14-10-11-24-16-9-7-6-8-15(14)16/h6-11H,5,12-13H2,1-4H3. The maximum absolute atomic E-state index is 13.1. The third-order valence-corrected chi connectivity index (χ3v) is 6.65. The van der Waals surface area contributed by atoms with Crippen LogP contribution in [0.25, 0.3) is 21.1 Å². The van der Waals surface area contributed by atoms with Gasteiger partial charge in [0.25, 0.3) is 5.56 Å². The average Bonchev–Trinajstić information content (AvgIpc) is 3.17. The Morgan fingerprint density at radius 3 is 2.70 bits per heavy atom. The molecule has 4 aromatic rings. The summed E-state index contributed by atoms with van der Waals surface area (Å²) in [7, 11) is 4.18. The van der Waals surface area contributed by atoms with Gasteiger partial charge in [0.05, 0.1) is 17.5 Å². The second kappa shape index (κ2) is 9.16. The topological polar surface area (TPSA) is 95.7 Å². The van der Waals surface area contributed by atoms with E-state index in [1.54, 1.807) is 10.8 Å². The van der Waals surface area contributed by atoms with Gasteiger partial charge in [-0.1, -0.05) is 25.1 Å². The van der Waals surface area contributed by atoms with Crippen LogP contribution in [0, 0.1) is 0 Å². The third-order valence-electron chi connectivity index (χ3n) is 5.45. The molecule has 0 radical (unpaired) electrons. The Labute approximate surface area is 193 Å². The fourth-order valence-electron chi connectivity index (χ4n) is 3.71. The van der Waals surface area contributed by atoms with Gasteiger partial charge in [0.15, 0.2) is 5.75 Å². The number of aromatic nitrogens is 3. The Kier molecular flexibility index (Phi) is 6.30. The van der Waals surface area contributed by atoms with Crippen molar-refractivity contribution in [2.45, 2.75) is 26.3 Å². The van der Waals surface area contributed by atoms with Crippen LogP contribution < -0.4 is 16.0 Å². The van der Waals surface area contributed by atoms with Crippen LogP contribution >= 0.6 is 11.3 Å². The number of carbonyl (C=O) groups is 1. The average molecular weight is 469 g/mol. The zero-order valence-electron chi connectivity index (χ0n) is 18.8. The summed E-state index contributed by atoms with van der Waals surface area (Å²) in [5.41, 5.74) is 0.897. The third kappa shape index (κ3) is 4.03. The lowest BCUT2D eigenvalue weighted by molar-refractivity contribution is -0.0789. The van der Waals surface area contributed by atoms with Crippen LogP contribution in [0.3, 0.4) is 0 Å². The van der Waals surface area contributed by atoms with E-state index in [4.69, 9.17) is 9.57 Å². The van der Waals surface area contributed by atoms with Gasteiger partial charge in [0.2, 0.25) is 0 Å². The number of aryl methyl sites for hydroxylation is 1. The number of pyridine rings is 1. The Morgan fingerprint density at radius 1 is 1.21 bits per heavy atom. The number of rotatable bonds is 6. The second-order valence-electron chi connectivity index (χ2n) is 7.54. The van der Waals surface area contributed by atoms with Crippen molar-refractivity contribution in [2.75, 3.05) is 14.2 Å². The molecule has 172 valence electrons. The van der Waals surface area contributed by atoms with E-state index in [-0.39, 0.29) is 11.1 Å². The first-order valence-corrected chi connectivity index (χ1v) is 11.3. The van der Waals surface area contributed by atoms with Crippen LogP contribution in [0.15, 0.2) is 46.1 Å². The molecule has 0 bridgehead atoms. The van der Waals surface area contributed by atoms with Crippen molar-refractivity contribution in [2.24, 2.45) is 7.05 Å². The highest BCUT2D eigenvalue weighted by molar-refractivity contribution is 7.19. The number of fused-ring (bicyclic) bond motifs is 2. The molecule has 10 heteroatoms. The molecule has 0 N–H and O–H groups in total. The number of hydrogen-bond acceptors (Lipinski definition) is 7. The Morgan fingerprint density at radius 2 is 1.97 bits per heavy atom. The molecule has 0 fully saturated rings. The molecule has 3 heterocycles. The quantitative estimate of drug-likeness (QED) is 0.403. The molecule has 1 aromatic carbocycles. The summed E-state index contributed by atoms with van der Waals surface area (Å²) in [5.74, 6) is 0.148. The molecule has 0 aliphatic heterocycles. The molecule has 0 saturated heterocycles. The van der Waals surface area contributed by atoms with Crippen LogP contribution in [-0.2, 0) is 24.9 Å². The minimum absolute atomic E-state index is 0.148. The maximum Gasteiger partial charge on any atom is 0.439 e. The highest BCUT2D eigenvalue weighted by Gasteiger charge is 2.25. The summed E-state index contributed by atoms with van der Waals surface area (Å²) in [4.78, 5) is 49.0. The zero-order valence-corrected chi connectivity index (χ0v) is 19.6. The van der Waals surface area contributed by atoms with Gasteiger partial charge in [-0.2, -0.15) is 5.06 Å². The lowest BCUT2D eigenvalue weighted by Gasteiger charge is -2.14. The van der Waals surface area contributed by atoms with E-state index in [2.05, 4.69) is 4.98 Å². The number of amides is 1. The summed E-state index contributed by atoms with van der Waals surface area (Å²) in [6.07, 6.45) is 2.05. The van der Waals surface area contributed by atoms with Gasteiger partial charge < -0.3 is 4.74 Å². The molecule has 0 saturated carbocycles. The van der Waals surface area contributed by atoms with Crippen LogP contribution in [0.5, 0.6) is 5.75 Å². The first-order valence-electron chi connectivity index (χ1n) is 10.4. The summed E-state index contributed by atoms with van der Waals surface area (Å²) in [5, 5.41) is 2.10. The predicted octanol–water partition coefficient (Wildman–Crippen LogP) is 3.30. The number of ether oxygens (including phenoxy) is 1. The summed E-state index contributed by atoms with van der Waals surface area (Å²) in [6.45, 7) is 2.39. The summed E-state index contributed by atoms with van der Waals surface area (Å²) in [6, 6.07) is 9.65. The number of hydrogen-bond donors (Lipinski definition) is 0. The lowest BCUT2D eigenvalue weighted by Crippen LogP contribution is -2.38. The minimum atomic E-state index is -0.770. The van der Waals surface area contributed by atoms with E-state index in [1.807, 2.05) is 37.3 Å². The van der Waals surface area contributed by atoms with Crippen molar-refractivity contribution in [3.05, 3.63) is 67.8 Å². The normalized spacial score (nSPS) is 11.3. The molecular formula is C23H24N4O5S. The summed E-state index contributed by atoms with van der Waals surface area (Å²) < 4.78 is 8.28. The van der Waals surface area contributed by atoms with Crippen molar-refractivity contribution in [3.63, 3.8) is 0 Å². The summed E-state index contributed by atoms with van der Waals surface area (Å²) >= 11 is 1.28. The lowest BCUT2D eigenvalue weighted by atomic mass is 10.1. The maximum atomic E-state index is 13.1. The minimum Gasteiger partial charge on any atom is -0.407 e. The van der Waals surface area contributed by atoms with Crippen LogP contribution in [0.4, 0.5) is 4.79 Å². The van der Waals surface area contributed by atoms with Crippen molar-refractivity contribution >= 4 is 38.5 Å². The van der Waals surface area contributed by atoms with Gasteiger partial charge in [-0.15, -0.1) is 11.3 Å². The van der Waals surface area contributed by atoms with Gasteiger partial charge in [0, 0.05) is 38.6 Å². The molecule has 0 spiro atoms. The van der Waals surface area contributed by atoms with Gasteiger partial charge in [-0.3, -0.25) is 23.8 Å². The zero-order chi connectivity index (χ0) is 23.7. The molecule has 0 atom stereocenters. The molecule has 0 unspecified atom stereocenters. The first kappa shape index (κ1) is 22.7. The van der Waals surface area contributed by atoms with E-state index < -0.39 is 17.3 Å². The van der Waals surface area contributed by atoms with Crippen molar-refractivity contribution < 1.29 is 14.4 Å². The predicted molar refractivity (Wildman–Crippen MR) is 127 cm³/mol. The highest BCUT2D eigenvalue weighted by Crippen LogP contribution is 2.38. The first-order chi connectivity index (χ1) is 15.9. The molecule has 1 amide bonds. The van der Waals surface area contributed by atoms with E-state index in [9.17, 15) is 14.4 Å². The number of hydroxylamine groups is 2. The highest BCUT2D eigenvalue weighted by atomic mass is 32.1. The van der Waals surface area contributed by atoms with Crippen LogP contribution in [0.1, 0.15) is 23.8 Å². The van der Waals surface area contributed by atoms with Gasteiger partial charge in [-0.05, 0) is 24.1 Å². The molecular weight excluding hydrogens is 444 g/mol. The molecule has 33 heavy (non-hydrogen) atoms. The molecule has 0 aliphatic carbocycles. The Bertz CT molecular complexity index is 1460. The van der Waals surface area contributed by atoms with Crippen molar-refractivity contribution in [1.82, 2.24) is 19.2 Å². The van der Waals surface area contributed by atoms with Gasteiger partial charge in [0.1, 0.15) is 10.2 Å². The van der Waals surface area contributed by atoms with Crippen LogP contribution in [0.2, 0.25) is 0 Å². The number of nitrogens with zero attached hydrogens (tertiary/aromatic N) is 4. The SMILES string of the molecule is CCCn1c(=O)n(C)c(=O)c2c(OC(=O)N(C)OC)c(Cc3ccnc4ccccc34)sc21.